The van der Waals surface area contributed by atoms with Crippen molar-refractivity contribution in [2.24, 2.45) is 0 Å². The Bertz CT molecular complexity index is 239. The molecular weight excluding hydrogens is 180 g/mol. The van der Waals surface area contributed by atoms with Crippen LogP contribution in [0.5, 0.6) is 0 Å². The fourth-order valence-electron chi connectivity index (χ4n) is 1.32. The minimum absolute atomic E-state index is 1.34. The van der Waals surface area contributed by atoms with Crippen LogP contribution < -0.4 is 0 Å². The van der Waals surface area contributed by atoms with E-state index in [9.17, 15) is 0 Å². The molecule has 1 aromatic heterocycles. The standard InChI is InChI=1S/C7H9S3/c1-8-7-5-3-2-4-6(5)9-10-7/h2-4H2,1H3/q+1. The van der Waals surface area contributed by atoms with Crippen LogP contribution in [0.1, 0.15) is 16.9 Å². The second-order valence-electron chi connectivity index (χ2n) is 2.41. The van der Waals surface area contributed by atoms with Crippen molar-refractivity contribution >= 4 is 32.4 Å². The first-order valence-corrected chi connectivity index (χ1v) is 6.77. The maximum absolute atomic E-state index is 2.18. The first-order chi connectivity index (χ1) is 4.92. The molecule has 0 amide bonds. The van der Waals surface area contributed by atoms with Gasteiger partial charge in [-0.15, -0.1) is 0 Å². The minimum Gasteiger partial charge on any atom is -0.0663 e. The molecule has 54 valence electrons. The molecular formula is C7H9S3+. The molecule has 0 atom stereocenters. The average Bonchev–Trinajstić information content (AvgIpc) is 2.44. The summed E-state index contributed by atoms with van der Waals surface area (Å²) < 4.78 is 1.57. The van der Waals surface area contributed by atoms with Crippen molar-refractivity contribution in [3.63, 3.8) is 0 Å². The number of aryl methyl sites for hydroxylation is 1. The molecule has 0 saturated carbocycles. The molecule has 0 saturated heterocycles. The molecule has 1 aliphatic carbocycles. The van der Waals surface area contributed by atoms with E-state index in [4.69, 9.17) is 0 Å². The van der Waals surface area contributed by atoms with Crippen LogP contribution in [0, 0.1) is 0 Å². The van der Waals surface area contributed by atoms with Gasteiger partial charge in [0, 0.05) is 5.56 Å². The zero-order chi connectivity index (χ0) is 6.97. The Morgan fingerprint density at radius 1 is 1.50 bits per heavy atom. The van der Waals surface area contributed by atoms with Gasteiger partial charge in [-0.3, -0.25) is 0 Å². The fraction of sp³-hybridized carbons (Fsp3) is 0.571. The van der Waals surface area contributed by atoms with Crippen LogP contribution in [-0.4, -0.2) is 6.26 Å². The molecule has 0 spiro atoms. The number of rotatable bonds is 1. The third-order valence-corrected chi connectivity index (χ3v) is 5.99. The molecule has 0 radical (unpaired) electrons. The maximum atomic E-state index is 2.18. The monoisotopic (exact) mass is 189 g/mol. The Morgan fingerprint density at radius 2 is 2.40 bits per heavy atom. The van der Waals surface area contributed by atoms with Crippen LogP contribution in [0.2, 0.25) is 0 Å². The Balaban J connectivity index is 2.44. The van der Waals surface area contributed by atoms with E-state index in [2.05, 4.69) is 6.26 Å². The third kappa shape index (κ3) is 1.00. The Hall–Kier alpha value is 0.400. The Labute approximate surface area is 72.7 Å². The highest BCUT2D eigenvalue weighted by atomic mass is 32.9. The quantitative estimate of drug-likeness (QED) is 0.371. The van der Waals surface area contributed by atoms with Crippen LogP contribution in [0.25, 0.3) is 0 Å². The highest BCUT2D eigenvalue weighted by molar-refractivity contribution is 8.02. The smallest absolute Gasteiger partial charge is 0.0663 e. The van der Waals surface area contributed by atoms with Gasteiger partial charge < -0.3 is 0 Å². The zero-order valence-corrected chi connectivity index (χ0v) is 8.30. The summed E-state index contributed by atoms with van der Waals surface area (Å²) in [5.41, 5.74) is 1.67. The van der Waals surface area contributed by atoms with Crippen molar-refractivity contribution < 1.29 is 0 Å². The van der Waals surface area contributed by atoms with E-state index >= 15 is 0 Å². The molecule has 0 unspecified atom stereocenters. The SMILES string of the molecule is CSc1[s+]sc2c1CCC2. The lowest BCUT2D eigenvalue weighted by molar-refractivity contribution is 0.910. The van der Waals surface area contributed by atoms with Crippen molar-refractivity contribution in [1.29, 1.82) is 0 Å². The van der Waals surface area contributed by atoms with Crippen LogP contribution in [0.3, 0.4) is 0 Å². The predicted molar refractivity (Wildman–Crippen MR) is 50.4 cm³/mol. The number of thioether (sulfide) groups is 1. The molecule has 0 aliphatic heterocycles. The lowest BCUT2D eigenvalue weighted by atomic mass is 10.3. The second-order valence-corrected chi connectivity index (χ2v) is 5.72. The first-order valence-electron chi connectivity index (χ1n) is 3.39. The van der Waals surface area contributed by atoms with E-state index in [1.54, 1.807) is 14.6 Å². The van der Waals surface area contributed by atoms with E-state index in [0.717, 1.165) is 0 Å². The number of fused-ring (bicyclic) bond motifs is 1. The minimum atomic E-state index is 1.34. The van der Waals surface area contributed by atoms with Gasteiger partial charge in [0.05, 0.1) is 4.88 Å². The molecule has 0 N–H and O–H groups in total. The van der Waals surface area contributed by atoms with Crippen LogP contribution in [0.4, 0.5) is 0 Å². The second kappa shape index (κ2) is 2.80. The van der Waals surface area contributed by atoms with Gasteiger partial charge in [-0.2, -0.15) is 0 Å². The molecule has 0 aromatic carbocycles. The molecule has 1 aliphatic rings. The van der Waals surface area contributed by atoms with Crippen LogP contribution in [-0.2, 0) is 12.8 Å². The zero-order valence-electron chi connectivity index (χ0n) is 5.85. The van der Waals surface area contributed by atoms with Gasteiger partial charge in [0.25, 0.3) is 4.21 Å². The van der Waals surface area contributed by atoms with Gasteiger partial charge in [-0.25, -0.2) is 0 Å². The van der Waals surface area contributed by atoms with E-state index < -0.39 is 0 Å². The summed E-state index contributed by atoms with van der Waals surface area (Å²) in [5.74, 6) is 0. The summed E-state index contributed by atoms with van der Waals surface area (Å²) in [6.07, 6.45) is 6.25. The van der Waals surface area contributed by atoms with Crippen molar-refractivity contribution in [2.75, 3.05) is 6.26 Å². The molecule has 3 heteroatoms. The van der Waals surface area contributed by atoms with Gasteiger partial charge in [-0.1, -0.05) is 11.8 Å². The van der Waals surface area contributed by atoms with Crippen molar-refractivity contribution in [1.82, 2.24) is 0 Å². The number of hydrogen-bond acceptors (Lipinski definition) is 2. The van der Waals surface area contributed by atoms with Crippen molar-refractivity contribution in [2.45, 2.75) is 23.5 Å². The fourth-order valence-corrected chi connectivity index (χ4v) is 5.53. The molecule has 2 rings (SSSR count). The van der Waals surface area contributed by atoms with Crippen LogP contribution in [0.15, 0.2) is 4.21 Å². The Kier molecular flexibility index (Phi) is 1.98. The Morgan fingerprint density at radius 3 is 3.20 bits per heavy atom. The van der Waals surface area contributed by atoms with Gasteiger partial charge in [0.1, 0.15) is 0 Å². The van der Waals surface area contributed by atoms with Gasteiger partial charge in [0.15, 0.2) is 10.3 Å². The molecule has 0 fully saturated rings. The summed E-state index contributed by atoms with van der Waals surface area (Å²) in [5, 5.41) is 0. The lowest BCUT2D eigenvalue weighted by Crippen LogP contribution is -1.73. The van der Waals surface area contributed by atoms with E-state index in [1.165, 1.54) is 19.3 Å². The summed E-state index contributed by atoms with van der Waals surface area (Å²) in [6.45, 7) is 0. The maximum Gasteiger partial charge on any atom is 0.307 e. The number of hydrogen-bond donors (Lipinski definition) is 0. The molecule has 0 nitrogen and oxygen atoms in total. The van der Waals surface area contributed by atoms with E-state index in [0.29, 0.717) is 0 Å². The summed E-state index contributed by atoms with van der Waals surface area (Å²) in [6, 6.07) is 0. The van der Waals surface area contributed by atoms with E-state index in [-0.39, 0.29) is 0 Å². The molecule has 1 heterocycles. The first kappa shape index (κ1) is 7.07. The summed E-state index contributed by atoms with van der Waals surface area (Å²) in [7, 11) is 3.94. The largest absolute Gasteiger partial charge is 0.307 e. The summed E-state index contributed by atoms with van der Waals surface area (Å²) in [4.78, 5) is 1.66. The highest BCUT2D eigenvalue weighted by Gasteiger charge is 2.26. The normalized spacial score (nSPS) is 15.7. The topological polar surface area (TPSA) is 0 Å². The molecule has 0 bridgehead atoms. The predicted octanol–water partition coefficient (Wildman–Crippen LogP) is 3.30. The average molecular weight is 189 g/mol. The van der Waals surface area contributed by atoms with Gasteiger partial charge in [0.2, 0.25) is 0 Å². The molecule has 10 heavy (non-hydrogen) atoms. The van der Waals surface area contributed by atoms with Crippen molar-refractivity contribution in [3.05, 3.63) is 10.4 Å². The van der Waals surface area contributed by atoms with Gasteiger partial charge in [-0.05, 0) is 25.5 Å². The van der Waals surface area contributed by atoms with Crippen molar-refractivity contribution in [3.8, 4) is 0 Å². The summed E-state index contributed by atoms with van der Waals surface area (Å²) >= 11 is 1.91. The molecule has 1 aromatic rings. The van der Waals surface area contributed by atoms with E-state index in [1.807, 2.05) is 32.4 Å². The van der Waals surface area contributed by atoms with Gasteiger partial charge >= 0.3 is 10.3 Å². The lowest BCUT2D eigenvalue weighted by Gasteiger charge is -1.82. The highest BCUT2D eigenvalue weighted by Crippen LogP contribution is 2.40. The van der Waals surface area contributed by atoms with Crippen LogP contribution >= 0.6 is 32.4 Å². The third-order valence-electron chi connectivity index (χ3n) is 1.82.